The second-order valence-corrected chi connectivity index (χ2v) is 5.06. The lowest BCUT2D eigenvalue weighted by Crippen LogP contribution is -1.70. The van der Waals surface area contributed by atoms with E-state index in [0.717, 1.165) is 14.4 Å². The molecule has 2 rings (SSSR count). The minimum absolute atomic E-state index is 0.487. The SMILES string of the molecule is ClCc1ncc(-c2ccc(Br)cc2)s1. The third-order valence-corrected chi connectivity index (χ3v) is 3.78. The molecule has 0 N–H and O–H groups in total. The molecule has 0 aliphatic carbocycles. The first-order valence-corrected chi connectivity index (χ1v) is 6.20. The summed E-state index contributed by atoms with van der Waals surface area (Å²) in [6.07, 6.45) is 1.87. The van der Waals surface area contributed by atoms with E-state index in [1.54, 1.807) is 11.3 Å². The van der Waals surface area contributed by atoms with Crippen LogP contribution in [0, 0.1) is 0 Å². The van der Waals surface area contributed by atoms with Gasteiger partial charge in [0.15, 0.2) is 0 Å². The van der Waals surface area contributed by atoms with E-state index in [-0.39, 0.29) is 0 Å². The highest BCUT2D eigenvalue weighted by molar-refractivity contribution is 9.10. The predicted molar refractivity (Wildman–Crippen MR) is 64.8 cm³/mol. The first-order chi connectivity index (χ1) is 6.79. The first-order valence-electron chi connectivity index (χ1n) is 4.06. The van der Waals surface area contributed by atoms with Gasteiger partial charge in [-0.2, -0.15) is 0 Å². The normalized spacial score (nSPS) is 10.4. The second kappa shape index (κ2) is 4.43. The van der Waals surface area contributed by atoms with E-state index in [1.807, 2.05) is 18.3 Å². The predicted octanol–water partition coefficient (Wildman–Crippen LogP) is 4.31. The number of alkyl halides is 1. The zero-order valence-electron chi connectivity index (χ0n) is 7.21. The minimum atomic E-state index is 0.487. The van der Waals surface area contributed by atoms with Gasteiger partial charge in [-0.3, -0.25) is 0 Å². The summed E-state index contributed by atoms with van der Waals surface area (Å²) in [6.45, 7) is 0. The second-order valence-electron chi connectivity index (χ2n) is 2.76. The maximum atomic E-state index is 5.69. The fourth-order valence-electron chi connectivity index (χ4n) is 1.12. The Hall–Kier alpha value is -0.380. The number of nitrogens with zero attached hydrogens (tertiary/aromatic N) is 1. The number of rotatable bonds is 2. The summed E-state index contributed by atoms with van der Waals surface area (Å²) in [4.78, 5) is 5.37. The van der Waals surface area contributed by atoms with Crippen molar-refractivity contribution in [3.8, 4) is 10.4 Å². The quantitative estimate of drug-likeness (QED) is 0.750. The molecule has 14 heavy (non-hydrogen) atoms. The fraction of sp³-hybridized carbons (Fsp3) is 0.100. The van der Waals surface area contributed by atoms with Gasteiger partial charge in [0.05, 0.1) is 10.8 Å². The van der Waals surface area contributed by atoms with Crippen molar-refractivity contribution < 1.29 is 0 Å². The van der Waals surface area contributed by atoms with E-state index < -0.39 is 0 Å². The molecule has 72 valence electrons. The minimum Gasteiger partial charge on any atom is -0.248 e. The van der Waals surface area contributed by atoms with Crippen molar-refractivity contribution in [2.45, 2.75) is 5.88 Å². The number of benzene rings is 1. The molecule has 0 bridgehead atoms. The van der Waals surface area contributed by atoms with Gasteiger partial charge in [0.25, 0.3) is 0 Å². The molecule has 0 atom stereocenters. The molecular formula is C10H7BrClNS. The molecule has 0 radical (unpaired) electrons. The average Bonchev–Trinajstić information content (AvgIpc) is 2.67. The van der Waals surface area contributed by atoms with E-state index in [9.17, 15) is 0 Å². The van der Waals surface area contributed by atoms with E-state index in [1.165, 1.54) is 5.56 Å². The van der Waals surface area contributed by atoms with Crippen LogP contribution in [0.25, 0.3) is 10.4 Å². The standard InChI is InChI=1S/C10H7BrClNS/c11-8-3-1-7(2-4-8)9-6-13-10(5-12)14-9/h1-4,6H,5H2. The molecule has 0 amide bonds. The number of halogens is 2. The summed E-state index contributed by atoms with van der Waals surface area (Å²) < 4.78 is 1.09. The molecule has 4 heteroatoms. The fourth-order valence-corrected chi connectivity index (χ4v) is 2.39. The Morgan fingerprint density at radius 2 is 2.00 bits per heavy atom. The van der Waals surface area contributed by atoms with Crippen LogP contribution in [0.2, 0.25) is 0 Å². The molecule has 2 aromatic rings. The molecule has 0 fully saturated rings. The van der Waals surface area contributed by atoms with Crippen LogP contribution in [0.5, 0.6) is 0 Å². The number of thiazole rings is 1. The lowest BCUT2D eigenvalue weighted by atomic mass is 10.2. The Kier molecular flexibility index (Phi) is 3.21. The highest BCUT2D eigenvalue weighted by atomic mass is 79.9. The van der Waals surface area contributed by atoms with Gasteiger partial charge in [-0.1, -0.05) is 28.1 Å². The van der Waals surface area contributed by atoms with Crippen LogP contribution >= 0.6 is 38.9 Å². The smallest absolute Gasteiger partial charge is 0.108 e. The maximum absolute atomic E-state index is 5.69. The van der Waals surface area contributed by atoms with E-state index in [0.29, 0.717) is 5.88 Å². The summed E-state index contributed by atoms with van der Waals surface area (Å²) in [5, 5.41) is 0.963. The van der Waals surface area contributed by atoms with Crippen molar-refractivity contribution >= 4 is 38.9 Å². The van der Waals surface area contributed by atoms with Crippen molar-refractivity contribution in [3.05, 3.63) is 39.9 Å². The third kappa shape index (κ3) is 2.16. The summed E-state index contributed by atoms with van der Waals surface area (Å²) in [6, 6.07) is 8.18. The van der Waals surface area contributed by atoms with Crippen molar-refractivity contribution in [3.63, 3.8) is 0 Å². The Morgan fingerprint density at radius 1 is 1.29 bits per heavy atom. The zero-order chi connectivity index (χ0) is 9.97. The van der Waals surface area contributed by atoms with E-state index in [4.69, 9.17) is 11.6 Å². The lowest BCUT2D eigenvalue weighted by Gasteiger charge is -1.95. The van der Waals surface area contributed by atoms with Gasteiger partial charge < -0.3 is 0 Å². The maximum Gasteiger partial charge on any atom is 0.108 e. The Balaban J connectivity index is 2.34. The summed E-state index contributed by atoms with van der Waals surface area (Å²) in [5.74, 6) is 0.487. The highest BCUT2D eigenvalue weighted by Crippen LogP contribution is 2.27. The van der Waals surface area contributed by atoms with Gasteiger partial charge in [-0.25, -0.2) is 4.98 Å². The van der Waals surface area contributed by atoms with Crippen molar-refractivity contribution in [1.82, 2.24) is 4.98 Å². The Labute approximate surface area is 99.9 Å². The molecule has 1 nitrogen and oxygen atoms in total. The van der Waals surface area contributed by atoms with Gasteiger partial charge in [0.1, 0.15) is 5.01 Å². The molecule has 0 saturated heterocycles. The number of aromatic nitrogens is 1. The van der Waals surface area contributed by atoms with Crippen LogP contribution in [0.1, 0.15) is 5.01 Å². The van der Waals surface area contributed by atoms with Crippen molar-refractivity contribution in [2.75, 3.05) is 0 Å². The van der Waals surface area contributed by atoms with Crippen LogP contribution in [-0.2, 0) is 5.88 Å². The monoisotopic (exact) mass is 287 g/mol. The number of hydrogen-bond acceptors (Lipinski definition) is 2. The van der Waals surface area contributed by atoms with E-state index in [2.05, 4.69) is 33.0 Å². The van der Waals surface area contributed by atoms with Crippen LogP contribution < -0.4 is 0 Å². The summed E-state index contributed by atoms with van der Waals surface area (Å²) in [5.41, 5.74) is 1.18. The first kappa shape index (κ1) is 10.1. The number of hydrogen-bond donors (Lipinski definition) is 0. The molecular weight excluding hydrogens is 282 g/mol. The summed E-state index contributed by atoms with van der Waals surface area (Å²) >= 11 is 10.7. The Morgan fingerprint density at radius 3 is 2.57 bits per heavy atom. The summed E-state index contributed by atoms with van der Waals surface area (Å²) in [7, 11) is 0. The molecule has 0 spiro atoms. The molecule has 0 aliphatic rings. The van der Waals surface area contributed by atoms with Crippen molar-refractivity contribution in [1.29, 1.82) is 0 Å². The molecule has 0 saturated carbocycles. The van der Waals surface area contributed by atoms with Crippen LogP contribution in [0.4, 0.5) is 0 Å². The van der Waals surface area contributed by atoms with Gasteiger partial charge in [0.2, 0.25) is 0 Å². The Bertz CT molecular complexity index is 424. The topological polar surface area (TPSA) is 12.9 Å². The lowest BCUT2D eigenvalue weighted by molar-refractivity contribution is 1.26. The zero-order valence-corrected chi connectivity index (χ0v) is 10.4. The third-order valence-electron chi connectivity index (χ3n) is 1.80. The van der Waals surface area contributed by atoms with Gasteiger partial charge in [-0.05, 0) is 17.7 Å². The average molecular weight is 289 g/mol. The largest absolute Gasteiger partial charge is 0.248 e. The molecule has 0 aliphatic heterocycles. The van der Waals surface area contributed by atoms with Crippen LogP contribution in [-0.4, -0.2) is 4.98 Å². The van der Waals surface area contributed by atoms with Gasteiger partial charge in [-0.15, -0.1) is 22.9 Å². The van der Waals surface area contributed by atoms with Crippen molar-refractivity contribution in [2.24, 2.45) is 0 Å². The molecule has 1 aromatic heterocycles. The van der Waals surface area contributed by atoms with Gasteiger partial charge >= 0.3 is 0 Å². The van der Waals surface area contributed by atoms with Gasteiger partial charge in [0, 0.05) is 10.7 Å². The molecule has 1 aromatic carbocycles. The van der Waals surface area contributed by atoms with Crippen LogP contribution in [0.3, 0.4) is 0 Å². The van der Waals surface area contributed by atoms with E-state index >= 15 is 0 Å². The highest BCUT2D eigenvalue weighted by Gasteiger charge is 2.02. The molecule has 1 heterocycles. The molecule has 0 unspecified atom stereocenters. The van der Waals surface area contributed by atoms with Crippen LogP contribution in [0.15, 0.2) is 34.9 Å².